The van der Waals surface area contributed by atoms with E-state index in [1.54, 1.807) is 6.92 Å². The van der Waals surface area contributed by atoms with Crippen LogP contribution in [0.2, 0.25) is 0 Å². The van der Waals surface area contributed by atoms with Gasteiger partial charge in [-0.15, -0.1) is 0 Å². The second-order valence-corrected chi connectivity index (χ2v) is 5.45. The lowest BCUT2D eigenvalue weighted by molar-refractivity contribution is -0.130. The molecule has 98 valence electrons. The summed E-state index contributed by atoms with van der Waals surface area (Å²) in [4.78, 5) is 15.9. The second-order valence-electron chi connectivity index (χ2n) is 5.45. The first kappa shape index (κ1) is 12.8. The predicted octanol–water partition coefficient (Wildman–Crippen LogP) is 0.668. The maximum Gasteiger partial charge on any atom is 0.219 e. The Labute approximate surface area is 104 Å². The fraction of sp³-hybridized carbons (Fsp3) is 0.923. The maximum absolute atomic E-state index is 11.3. The highest BCUT2D eigenvalue weighted by Crippen LogP contribution is 2.23. The number of nitrogens with two attached hydrogens (primary N) is 1. The molecule has 1 amide bonds. The summed E-state index contributed by atoms with van der Waals surface area (Å²) in [5.74, 6) is 0.967. The summed E-state index contributed by atoms with van der Waals surface area (Å²) in [5, 5.41) is 0. The lowest BCUT2D eigenvalue weighted by Gasteiger charge is -2.41. The molecular formula is C13H25N3O. The number of piperidine rings is 2. The van der Waals surface area contributed by atoms with Gasteiger partial charge in [0.05, 0.1) is 0 Å². The van der Waals surface area contributed by atoms with Crippen LogP contribution in [-0.4, -0.2) is 54.5 Å². The Hall–Kier alpha value is -0.610. The van der Waals surface area contributed by atoms with E-state index in [9.17, 15) is 4.79 Å². The fourth-order valence-electron chi connectivity index (χ4n) is 3.10. The van der Waals surface area contributed by atoms with E-state index in [4.69, 9.17) is 5.73 Å². The normalized spacial score (nSPS) is 25.2. The number of hydrogen-bond donors (Lipinski definition) is 1. The number of likely N-dealkylation sites (tertiary alicyclic amines) is 2. The topological polar surface area (TPSA) is 49.6 Å². The Bertz CT molecular complexity index is 253. The summed E-state index contributed by atoms with van der Waals surface area (Å²) < 4.78 is 0. The Morgan fingerprint density at radius 2 is 1.71 bits per heavy atom. The molecule has 4 heteroatoms. The molecule has 0 aromatic rings. The van der Waals surface area contributed by atoms with Crippen LogP contribution in [0.4, 0.5) is 0 Å². The van der Waals surface area contributed by atoms with Crippen molar-refractivity contribution in [3.63, 3.8) is 0 Å². The minimum absolute atomic E-state index is 0.227. The van der Waals surface area contributed by atoms with Crippen molar-refractivity contribution in [1.82, 2.24) is 9.80 Å². The van der Waals surface area contributed by atoms with Gasteiger partial charge in [0.1, 0.15) is 0 Å². The summed E-state index contributed by atoms with van der Waals surface area (Å²) >= 11 is 0. The molecule has 2 rings (SSSR count). The zero-order chi connectivity index (χ0) is 12.3. The minimum Gasteiger partial charge on any atom is -0.343 e. The number of hydrogen-bond acceptors (Lipinski definition) is 3. The first-order chi connectivity index (χ1) is 8.20. The van der Waals surface area contributed by atoms with Crippen molar-refractivity contribution in [2.45, 2.75) is 38.6 Å². The van der Waals surface area contributed by atoms with Gasteiger partial charge in [-0.25, -0.2) is 0 Å². The van der Waals surface area contributed by atoms with Gasteiger partial charge in [0.2, 0.25) is 5.91 Å². The number of carbonyl (C=O) groups excluding carboxylic acids is 1. The smallest absolute Gasteiger partial charge is 0.219 e. The van der Waals surface area contributed by atoms with E-state index in [-0.39, 0.29) is 5.91 Å². The molecule has 0 unspecified atom stereocenters. The number of rotatable bonds is 2. The van der Waals surface area contributed by atoms with E-state index >= 15 is 0 Å². The van der Waals surface area contributed by atoms with Crippen molar-refractivity contribution in [2.24, 2.45) is 11.7 Å². The summed E-state index contributed by atoms with van der Waals surface area (Å²) in [5.41, 5.74) is 5.72. The Balaban J connectivity index is 1.76. The predicted molar refractivity (Wildman–Crippen MR) is 68.6 cm³/mol. The Morgan fingerprint density at radius 3 is 2.18 bits per heavy atom. The Kier molecular flexibility index (Phi) is 4.40. The first-order valence-electron chi connectivity index (χ1n) is 6.90. The standard InChI is InChI=1S/C13H25N3O/c1-11(17)15-8-4-13(5-9-15)16-6-2-12(10-14)3-7-16/h12-13H,2-10,14H2,1H3. The van der Waals surface area contributed by atoms with Crippen LogP contribution < -0.4 is 5.73 Å². The molecular weight excluding hydrogens is 214 g/mol. The van der Waals surface area contributed by atoms with Gasteiger partial charge in [-0.05, 0) is 51.2 Å². The fourth-order valence-corrected chi connectivity index (χ4v) is 3.10. The van der Waals surface area contributed by atoms with Crippen LogP contribution in [0.3, 0.4) is 0 Å². The highest BCUT2D eigenvalue weighted by molar-refractivity contribution is 5.73. The van der Waals surface area contributed by atoms with Gasteiger partial charge in [0.15, 0.2) is 0 Å². The molecule has 0 atom stereocenters. The highest BCUT2D eigenvalue weighted by Gasteiger charge is 2.28. The van der Waals surface area contributed by atoms with Gasteiger partial charge < -0.3 is 15.5 Å². The van der Waals surface area contributed by atoms with Crippen molar-refractivity contribution in [3.8, 4) is 0 Å². The molecule has 2 N–H and O–H groups in total. The molecule has 0 spiro atoms. The molecule has 0 saturated carbocycles. The van der Waals surface area contributed by atoms with Gasteiger partial charge in [0, 0.05) is 26.1 Å². The van der Waals surface area contributed by atoms with Gasteiger partial charge in [-0.1, -0.05) is 0 Å². The second kappa shape index (κ2) is 5.83. The first-order valence-corrected chi connectivity index (χ1v) is 6.90. The van der Waals surface area contributed by atoms with Gasteiger partial charge in [-0.2, -0.15) is 0 Å². The van der Waals surface area contributed by atoms with Crippen LogP contribution in [0.15, 0.2) is 0 Å². The molecule has 0 bridgehead atoms. The lowest BCUT2D eigenvalue weighted by atomic mass is 9.93. The summed E-state index contributed by atoms with van der Waals surface area (Å²) in [6, 6.07) is 0.698. The number of carbonyl (C=O) groups is 1. The average molecular weight is 239 g/mol. The third-order valence-corrected chi connectivity index (χ3v) is 4.41. The van der Waals surface area contributed by atoms with Crippen LogP contribution in [-0.2, 0) is 4.79 Å². The van der Waals surface area contributed by atoms with Crippen molar-refractivity contribution in [1.29, 1.82) is 0 Å². The van der Waals surface area contributed by atoms with Crippen LogP contribution in [0.1, 0.15) is 32.6 Å². The molecule has 0 aromatic carbocycles. The molecule has 17 heavy (non-hydrogen) atoms. The molecule has 2 aliphatic heterocycles. The van der Waals surface area contributed by atoms with Crippen molar-refractivity contribution >= 4 is 5.91 Å². The summed E-state index contributed by atoms with van der Waals surface area (Å²) in [6.45, 7) is 6.80. The van der Waals surface area contributed by atoms with E-state index in [1.165, 1.54) is 25.9 Å². The monoisotopic (exact) mass is 239 g/mol. The Morgan fingerprint density at radius 1 is 1.12 bits per heavy atom. The summed E-state index contributed by atoms with van der Waals surface area (Å²) in [6.07, 6.45) is 4.80. The summed E-state index contributed by atoms with van der Waals surface area (Å²) in [7, 11) is 0. The van der Waals surface area contributed by atoms with Crippen molar-refractivity contribution in [2.75, 3.05) is 32.7 Å². The molecule has 0 aromatic heterocycles. The third-order valence-electron chi connectivity index (χ3n) is 4.41. The molecule has 2 saturated heterocycles. The molecule has 0 aliphatic carbocycles. The lowest BCUT2D eigenvalue weighted by Crippen LogP contribution is -2.49. The van der Waals surface area contributed by atoms with E-state index in [1.807, 2.05) is 4.90 Å². The van der Waals surface area contributed by atoms with Crippen LogP contribution in [0.5, 0.6) is 0 Å². The van der Waals surface area contributed by atoms with E-state index < -0.39 is 0 Å². The molecule has 4 nitrogen and oxygen atoms in total. The minimum atomic E-state index is 0.227. The van der Waals surface area contributed by atoms with Gasteiger partial charge in [0.25, 0.3) is 0 Å². The molecule has 0 radical (unpaired) electrons. The molecule has 2 fully saturated rings. The van der Waals surface area contributed by atoms with E-state index in [0.717, 1.165) is 38.4 Å². The van der Waals surface area contributed by atoms with Crippen LogP contribution in [0, 0.1) is 5.92 Å². The van der Waals surface area contributed by atoms with Crippen molar-refractivity contribution in [3.05, 3.63) is 0 Å². The van der Waals surface area contributed by atoms with Gasteiger partial charge in [-0.3, -0.25) is 4.79 Å². The largest absolute Gasteiger partial charge is 0.343 e. The number of nitrogens with zero attached hydrogens (tertiary/aromatic N) is 2. The van der Waals surface area contributed by atoms with Crippen LogP contribution >= 0.6 is 0 Å². The maximum atomic E-state index is 11.3. The third kappa shape index (κ3) is 3.19. The highest BCUT2D eigenvalue weighted by atomic mass is 16.2. The number of amides is 1. The quantitative estimate of drug-likeness (QED) is 0.770. The van der Waals surface area contributed by atoms with Crippen LogP contribution in [0.25, 0.3) is 0 Å². The van der Waals surface area contributed by atoms with Gasteiger partial charge >= 0.3 is 0 Å². The van der Waals surface area contributed by atoms with Crippen molar-refractivity contribution < 1.29 is 4.79 Å². The SMILES string of the molecule is CC(=O)N1CCC(N2CCC(CN)CC2)CC1. The zero-order valence-electron chi connectivity index (χ0n) is 10.9. The molecule has 2 aliphatic rings. The molecule has 2 heterocycles. The van der Waals surface area contributed by atoms with E-state index in [0.29, 0.717) is 6.04 Å². The van der Waals surface area contributed by atoms with E-state index in [2.05, 4.69) is 4.90 Å². The average Bonchev–Trinajstić information content (AvgIpc) is 2.39. The zero-order valence-corrected chi connectivity index (χ0v) is 10.9.